The van der Waals surface area contributed by atoms with Crippen LogP contribution in [-0.2, 0) is 29.2 Å². The summed E-state index contributed by atoms with van der Waals surface area (Å²) < 4.78 is 23.6. The van der Waals surface area contributed by atoms with Crippen LogP contribution in [0.2, 0.25) is 0 Å². The molecule has 2 aromatic rings. The molecule has 0 radical (unpaired) electrons. The van der Waals surface area contributed by atoms with Gasteiger partial charge in [0.25, 0.3) is 0 Å². The minimum Gasteiger partial charge on any atom is -0.363 e. The lowest BCUT2D eigenvalue weighted by atomic mass is 9.97. The number of rotatable bonds is 3. The van der Waals surface area contributed by atoms with Gasteiger partial charge in [-0.2, -0.15) is 0 Å². The first-order valence-corrected chi connectivity index (χ1v) is 11.5. The lowest BCUT2D eigenvalue weighted by Crippen LogP contribution is -2.55. The normalized spacial score (nSPS) is 21.4. The summed E-state index contributed by atoms with van der Waals surface area (Å²) in [5.41, 5.74) is 5.71. The molecule has 1 saturated heterocycles. The number of nitrogens with zero attached hydrogens (tertiary/aromatic N) is 5. The Hall–Kier alpha value is -2.48. The third kappa shape index (κ3) is 2.78. The Morgan fingerprint density at radius 2 is 1.96 bits per heavy atom. The van der Waals surface area contributed by atoms with E-state index in [-0.39, 0.29) is 5.25 Å². The second-order valence-corrected chi connectivity index (χ2v) is 10.3. The van der Waals surface area contributed by atoms with Gasteiger partial charge in [-0.3, -0.25) is 4.98 Å². The van der Waals surface area contributed by atoms with Crippen LogP contribution >= 0.6 is 0 Å². The van der Waals surface area contributed by atoms with Crippen LogP contribution in [0, 0.1) is 0 Å². The fraction of sp³-hybridized carbons (Fsp3) is 0.450. The maximum absolute atomic E-state index is 11.8. The maximum Gasteiger partial charge on any atom is 0.153 e. The molecule has 0 N–H and O–H groups in total. The van der Waals surface area contributed by atoms with E-state index in [9.17, 15) is 8.42 Å². The first kappa shape index (κ1) is 17.6. The SMILES string of the molecule is C[C@@H]1Cc2ncnc(N3CC(S(C)(=O)=O)C3)c2CN1c1ccnc2c1C=CC2. The van der Waals surface area contributed by atoms with Crippen molar-refractivity contribution in [2.24, 2.45) is 0 Å². The zero-order valence-electron chi connectivity index (χ0n) is 16.0. The van der Waals surface area contributed by atoms with E-state index >= 15 is 0 Å². The summed E-state index contributed by atoms with van der Waals surface area (Å²) in [6.45, 7) is 3.95. The molecule has 1 atom stereocenters. The van der Waals surface area contributed by atoms with Crippen LogP contribution in [-0.4, -0.2) is 54.0 Å². The minimum atomic E-state index is -3.01. The van der Waals surface area contributed by atoms with E-state index in [1.54, 1.807) is 6.33 Å². The number of hydrogen-bond acceptors (Lipinski definition) is 7. The molecule has 0 spiro atoms. The molecule has 0 amide bonds. The van der Waals surface area contributed by atoms with Crippen LogP contribution < -0.4 is 9.80 Å². The number of anilines is 2. The van der Waals surface area contributed by atoms with Crippen molar-refractivity contribution in [1.29, 1.82) is 0 Å². The van der Waals surface area contributed by atoms with Gasteiger partial charge in [0.15, 0.2) is 9.84 Å². The van der Waals surface area contributed by atoms with Gasteiger partial charge in [0.1, 0.15) is 12.1 Å². The van der Waals surface area contributed by atoms with Gasteiger partial charge in [0.05, 0.1) is 16.6 Å². The molecule has 5 rings (SSSR count). The van der Waals surface area contributed by atoms with E-state index in [1.807, 2.05) is 6.20 Å². The van der Waals surface area contributed by atoms with Gasteiger partial charge in [-0.15, -0.1) is 0 Å². The number of sulfone groups is 1. The van der Waals surface area contributed by atoms with Gasteiger partial charge in [-0.25, -0.2) is 18.4 Å². The second kappa shape index (κ2) is 6.27. The van der Waals surface area contributed by atoms with E-state index in [2.05, 4.69) is 49.9 Å². The molecular weight excluding hydrogens is 374 g/mol. The Morgan fingerprint density at radius 3 is 2.75 bits per heavy atom. The second-order valence-electron chi connectivity index (χ2n) is 7.96. The summed E-state index contributed by atoms with van der Waals surface area (Å²) >= 11 is 0. The van der Waals surface area contributed by atoms with Crippen molar-refractivity contribution in [1.82, 2.24) is 15.0 Å². The third-order valence-corrected chi connectivity index (χ3v) is 7.58. The topological polar surface area (TPSA) is 79.3 Å². The molecule has 146 valence electrons. The smallest absolute Gasteiger partial charge is 0.153 e. The van der Waals surface area contributed by atoms with Crippen molar-refractivity contribution in [3.05, 3.63) is 47.2 Å². The highest BCUT2D eigenvalue weighted by molar-refractivity contribution is 7.91. The molecule has 0 saturated carbocycles. The van der Waals surface area contributed by atoms with Crippen LogP contribution in [0.1, 0.15) is 29.4 Å². The largest absolute Gasteiger partial charge is 0.363 e. The van der Waals surface area contributed by atoms with Crippen molar-refractivity contribution in [2.75, 3.05) is 29.1 Å². The lowest BCUT2D eigenvalue weighted by molar-refractivity contribution is 0.535. The lowest BCUT2D eigenvalue weighted by Gasteiger charge is -2.42. The molecule has 1 aliphatic carbocycles. The van der Waals surface area contributed by atoms with Gasteiger partial charge >= 0.3 is 0 Å². The highest BCUT2D eigenvalue weighted by Crippen LogP contribution is 2.37. The van der Waals surface area contributed by atoms with Crippen LogP contribution in [0.5, 0.6) is 0 Å². The molecule has 0 aromatic carbocycles. The van der Waals surface area contributed by atoms with Gasteiger partial charge in [-0.05, 0) is 13.0 Å². The minimum absolute atomic E-state index is 0.301. The average molecular weight is 398 g/mol. The van der Waals surface area contributed by atoms with E-state index in [0.29, 0.717) is 19.1 Å². The molecule has 8 heteroatoms. The monoisotopic (exact) mass is 397 g/mol. The Morgan fingerprint density at radius 1 is 1.14 bits per heavy atom. The number of fused-ring (bicyclic) bond motifs is 2. The van der Waals surface area contributed by atoms with Crippen LogP contribution in [0.15, 0.2) is 24.7 Å². The first-order chi connectivity index (χ1) is 13.4. The molecule has 0 bridgehead atoms. The Balaban J connectivity index is 1.48. The molecular formula is C20H23N5O2S. The fourth-order valence-electron chi connectivity index (χ4n) is 4.36. The van der Waals surface area contributed by atoms with Gasteiger partial charge in [0.2, 0.25) is 0 Å². The average Bonchev–Trinajstić information content (AvgIpc) is 3.07. The highest BCUT2D eigenvalue weighted by atomic mass is 32.2. The van der Waals surface area contributed by atoms with E-state index < -0.39 is 9.84 Å². The maximum atomic E-state index is 11.8. The molecule has 2 aromatic heterocycles. The molecule has 0 unspecified atom stereocenters. The van der Waals surface area contributed by atoms with Crippen molar-refractivity contribution >= 4 is 27.4 Å². The molecule has 28 heavy (non-hydrogen) atoms. The molecule has 3 aliphatic rings. The van der Waals surface area contributed by atoms with Crippen LogP contribution in [0.4, 0.5) is 11.5 Å². The first-order valence-electron chi connectivity index (χ1n) is 9.59. The number of hydrogen-bond donors (Lipinski definition) is 0. The van der Waals surface area contributed by atoms with Crippen molar-refractivity contribution in [3.63, 3.8) is 0 Å². The predicted molar refractivity (Wildman–Crippen MR) is 109 cm³/mol. The molecule has 4 heterocycles. The zero-order chi connectivity index (χ0) is 19.5. The molecule has 7 nitrogen and oxygen atoms in total. The van der Waals surface area contributed by atoms with Crippen LogP contribution in [0.25, 0.3) is 6.08 Å². The number of aromatic nitrogens is 3. The van der Waals surface area contributed by atoms with Gasteiger partial charge in [-0.1, -0.05) is 12.2 Å². The Kier molecular flexibility index (Phi) is 3.94. The summed E-state index contributed by atoms with van der Waals surface area (Å²) in [5.74, 6) is 0.878. The third-order valence-electron chi connectivity index (χ3n) is 6.07. The predicted octanol–water partition coefficient (Wildman–Crippen LogP) is 1.63. The van der Waals surface area contributed by atoms with E-state index in [1.165, 1.54) is 17.5 Å². The summed E-state index contributed by atoms with van der Waals surface area (Å²) in [6.07, 6.45) is 10.9. The Labute approximate surface area is 165 Å². The number of allylic oxidation sites excluding steroid dienone is 1. The molecule has 1 fully saturated rings. The quantitative estimate of drug-likeness (QED) is 0.779. The fourth-order valence-corrected chi connectivity index (χ4v) is 5.26. The van der Waals surface area contributed by atoms with Crippen LogP contribution in [0.3, 0.4) is 0 Å². The van der Waals surface area contributed by atoms with E-state index in [4.69, 9.17) is 0 Å². The Bertz CT molecular complexity index is 1080. The standard InChI is InChI=1S/C20H23N5O2S/c1-13-8-18-16(11-25(13)19-6-7-21-17-5-3-4-15(17)19)20(23-12-22-18)24-9-14(10-24)28(2,26)27/h3-4,6-7,12-14H,5,8-11H2,1-2H3/t13-/m1/s1. The summed E-state index contributed by atoms with van der Waals surface area (Å²) in [4.78, 5) is 18.0. The zero-order valence-corrected chi connectivity index (χ0v) is 16.9. The van der Waals surface area contributed by atoms with Crippen molar-refractivity contribution in [3.8, 4) is 0 Å². The van der Waals surface area contributed by atoms with Gasteiger partial charge < -0.3 is 9.80 Å². The van der Waals surface area contributed by atoms with Crippen molar-refractivity contribution < 1.29 is 8.42 Å². The number of pyridine rings is 1. The van der Waals surface area contributed by atoms with E-state index in [0.717, 1.165) is 42.2 Å². The highest BCUT2D eigenvalue weighted by Gasteiger charge is 2.38. The molecule has 2 aliphatic heterocycles. The summed E-state index contributed by atoms with van der Waals surface area (Å²) in [5, 5.41) is -0.301. The van der Waals surface area contributed by atoms with Crippen molar-refractivity contribution in [2.45, 2.75) is 37.6 Å². The summed E-state index contributed by atoms with van der Waals surface area (Å²) in [6, 6.07) is 2.40. The van der Waals surface area contributed by atoms with Gasteiger partial charge in [0, 0.05) is 67.8 Å². The summed E-state index contributed by atoms with van der Waals surface area (Å²) in [7, 11) is -3.01.